The summed E-state index contributed by atoms with van der Waals surface area (Å²) in [6.07, 6.45) is 9.52. The van der Waals surface area contributed by atoms with Gasteiger partial charge in [-0.15, -0.1) is 0 Å². The van der Waals surface area contributed by atoms with E-state index >= 15 is 0 Å². The molecule has 0 radical (unpaired) electrons. The summed E-state index contributed by atoms with van der Waals surface area (Å²) in [5.41, 5.74) is 2.90. The van der Waals surface area contributed by atoms with E-state index in [0.717, 1.165) is 12.3 Å². The Labute approximate surface area is 124 Å². The van der Waals surface area contributed by atoms with Crippen molar-refractivity contribution in [1.82, 2.24) is 0 Å². The van der Waals surface area contributed by atoms with Crippen LogP contribution in [0.4, 0.5) is 0 Å². The summed E-state index contributed by atoms with van der Waals surface area (Å²) in [6.45, 7) is 4.50. The average molecular weight is 274 g/mol. The monoisotopic (exact) mass is 274 g/mol. The molecule has 2 rings (SSSR count). The zero-order chi connectivity index (χ0) is 14.4. The molecule has 112 valence electrons. The molecule has 20 heavy (non-hydrogen) atoms. The van der Waals surface area contributed by atoms with Gasteiger partial charge in [0.1, 0.15) is 0 Å². The SMILES string of the molecule is CCCCC1CCC(c2ccc(CC)cc2)C(OC)C1. The van der Waals surface area contributed by atoms with Gasteiger partial charge in [-0.2, -0.15) is 0 Å². The van der Waals surface area contributed by atoms with Crippen LogP contribution in [0.5, 0.6) is 0 Å². The van der Waals surface area contributed by atoms with Crippen LogP contribution in [0.1, 0.15) is 69.4 Å². The number of benzene rings is 1. The second-order valence-corrected chi connectivity index (χ2v) is 6.30. The lowest BCUT2D eigenvalue weighted by Gasteiger charge is -2.35. The molecule has 1 aromatic carbocycles. The third-order valence-electron chi connectivity index (χ3n) is 4.99. The maximum atomic E-state index is 5.82. The van der Waals surface area contributed by atoms with Crippen molar-refractivity contribution in [2.75, 3.05) is 7.11 Å². The first kappa shape index (κ1) is 15.6. The van der Waals surface area contributed by atoms with Crippen molar-refractivity contribution in [3.05, 3.63) is 35.4 Å². The number of ether oxygens (including phenoxy) is 1. The van der Waals surface area contributed by atoms with Crippen molar-refractivity contribution in [3.63, 3.8) is 0 Å². The van der Waals surface area contributed by atoms with Crippen LogP contribution in [0, 0.1) is 5.92 Å². The van der Waals surface area contributed by atoms with E-state index in [1.165, 1.54) is 49.7 Å². The molecule has 0 spiro atoms. The maximum Gasteiger partial charge on any atom is 0.0642 e. The Balaban J connectivity index is 2.00. The predicted molar refractivity (Wildman–Crippen MR) is 86.2 cm³/mol. The van der Waals surface area contributed by atoms with E-state index in [1.807, 2.05) is 7.11 Å². The number of aryl methyl sites for hydroxylation is 1. The van der Waals surface area contributed by atoms with Crippen LogP contribution in [0.3, 0.4) is 0 Å². The number of rotatable bonds is 6. The Hall–Kier alpha value is -0.820. The first-order chi connectivity index (χ1) is 9.78. The molecule has 1 aliphatic carbocycles. The summed E-state index contributed by atoms with van der Waals surface area (Å²) in [5, 5.41) is 0. The van der Waals surface area contributed by atoms with Crippen LogP contribution >= 0.6 is 0 Å². The Morgan fingerprint density at radius 1 is 1.10 bits per heavy atom. The molecular formula is C19H30O. The van der Waals surface area contributed by atoms with Gasteiger partial charge in [-0.25, -0.2) is 0 Å². The van der Waals surface area contributed by atoms with Gasteiger partial charge < -0.3 is 4.74 Å². The van der Waals surface area contributed by atoms with Crippen molar-refractivity contribution >= 4 is 0 Å². The predicted octanol–water partition coefficient (Wildman–Crippen LogP) is 5.34. The van der Waals surface area contributed by atoms with Crippen molar-refractivity contribution in [1.29, 1.82) is 0 Å². The second kappa shape index (κ2) is 7.83. The van der Waals surface area contributed by atoms with Gasteiger partial charge in [0, 0.05) is 13.0 Å². The third kappa shape index (κ3) is 3.85. The van der Waals surface area contributed by atoms with E-state index in [9.17, 15) is 0 Å². The normalized spacial score (nSPS) is 26.6. The fourth-order valence-corrected chi connectivity index (χ4v) is 3.61. The smallest absolute Gasteiger partial charge is 0.0642 e. The molecule has 0 aromatic heterocycles. The van der Waals surface area contributed by atoms with Gasteiger partial charge in [0.05, 0.1) is 6.10 Å². The first-order valence-corrected chi connectivity index (χ1v) is 8.40. The molecule has 3 unspecified atom stereocenters. The Bertz CT molecular complexity index is 381. The van der Waals surface area contributed by atoms with Gasteiger partial charge in [0.2, 0.25) is 0 Å². The van der Waals surface area contributed by atoms with Gasteiger partial charge >= 0.3 is 0 Å². The molecule has 0 saturated heterocycles. The summed E-state index contributed by atoms with van der Waals surface area (Å²) < 4.78 is 5.82. The van der Waals surface area contributed by atoms with Crippen molar-refractivity contribution in [3.8, 4) is 0 Å². The number of unbranched alkanes of at least 4 members (excludes halogenated alkanes) is 1. The summed E-state index contributed by atoms with van der Waals surface area (Å²) >= 11 is 0. The molecule has 3 atom stereocenters. The zero-order valence-electron chi connectivity index (χ0n) is 13.4. The quantitative estimate of drug-likeness (QED) is 0.680. The molecule has 0 N–H and O–H groups in total. The Morgan fingerprint density at radius 3 is 2.45 bits per heavy atom. The van der Waals surface area contributed by atoms with Crippen molar-refractivity contribution in [2.45, 2.75) is 70.8 Å². The number of hydrogen-bond acceptors (Lipinski definition) is 1. The van der Waals surface area contributed by atoms with Crippen LogP contribution in [-0.2, 0) is 11.2 Å². The summed E-state index contributed by atoms with van der Waals surface area (Å²) in [4.78, 5) is 0. The Morgan fingerprint density at radius 2 is 1.85 bits per heavy atom. The van der Waals surface area contributed by atoms with E-state index in [1.54, 1.807) is 0 Å². The van der Waals surface area contributed by atoms with E-state index < -0.39 is 0 Å². The van der Waals surface area contributed by atoms with E-state index in [0.29, 0.717) is 12.0 Å². The molecule has 0 heterocycles. The molecule has 0 aliphatic heterocycles. The number of hydrogen-bond donors (Lipinski definition) is 0. The minimum atomic E-state index is 0.415. The van der Waals surface area contributed by atoms with Gasteiger partial charge in [0.15, 0.2) is 0 Å². The summed E-state index contributed by atoms with van der Waals surface area (Å²) in [6, 6.07) is 9.21. The molecular weight excluding hydrogens is 244 g/mol. The fraction of sp³-hybridized carbons (Fsp3) is 0.684. The van der Waals surface area contributed by atoms with Gasteiger partial charge in [0.25, 0.3) is 0 Å². The van der Waals surface area contributed by atoms with Crippen molar-refractivity contribution < 1.29 is 4.74 Å². The first-order valence-electron chi connectivity index (χ1n) is 8.40. The maximum absolute atomic E-state index is 5.82. The van der Waals surface area contributed by atoms with Crippen LogP contribution in [0.15, 0.2) is 24.3 Å². The van der Waals surface area contributed by atoms with Gasteiger partial charge in [-0.3, -0.25) is 0 Å². The van der Waals surface area contributed by atoms with E-state index in [-0.39, 0.29) is 0 Å². The average Bonchev–Trinajstić information content (AvgIpc) is 2.52. The van der Waals surface area contributed by atoms with Crippen LogP contribution < -0.4 is 0 Å². The lowest BCUT2D eigenvalue weighted by Crippen LogP contribution is -2.29. The van der Waals surface area contributed by atoms with Gasteiger partial charge in [-0.05, 0) is 42.7 Å². The van der Waals surface area contributed by atoms with Crippen molar-refractivity contribution in [2.24, 2.45) is 5.92 Å². The van der Waals surface area contributed by atoms with Gasteiger partial charge in [-0.1, -0.05) is 57.4 Å². The summed E-state index contributed by atoms with van der Waals surface area (Å²) in [5.74, 6) is 1.48. The molecule has 1 nitrogen and oxygen atoms in total. The standard InChI is InChI=1S/C19H30O/c1-4-6-7-16-10-13-18(19(14-16)20-3)17-11-8-15(5-2)9-12-17/h8-9,11-12,16,18-19H,4-7,10,13-14H2,1-3H3. The highest BCUT2D eigenvalue weighted by Crippen LogP contribution is 2.39. The molecule has 1 aromatic rings. The number of methoxy groups -OCH3 is 1. The fourth-order valence-electron chi connectivity index (χ4n) is 3.61. The second-order valence-electron chi connectivity index (χ2n) is 6.30. The zero-order valence-corrected chi connectivity index (χ0v) is 13.4. The largest absolute Gasteiger partial charge is 0.381 e. The highest BCUT2D eigenvalue weighted by atomic mass is 16.5. The molecule has 0 amide bonds. The minimum Gasteiger partial charge on any atom is -0.381 e. The Kier molecular flexibility index (Phi) is 6.09. The lowest BCUT2D eigenvalue weighted by atomic mass is 9.75. The lowest BCUT2D eigenvalue weighted by molar-refractivity contribution is 0.0305. The third-order valence-corrected chi connectivity index (χ3v) is 4.99. The topological polar surface area (TPSA) is 9.23 Å². The van der Waals surface area contributed by atoms with Crippen LogP contribution in [0.25, 0.3) is 0 Å². The molecule has 1 heteroatoms. The molecule has 1 saturated carbocycles. The van der Waals surface area contributed by atoms with Crippen LogP contribution in [-0.4, -0.2) is 13.2 Å². The minimum absolute atomic E-state index is 0.415. The summed E-state index contributed by atoms with van der Waals surface area (Å²) in [7, 11) is 1.89. The highest BCUT2D eigenvalue weighted by Gasteiger charge is 2.31. The highest BCUT2D eigenvalue weighted by molar-refractivity contribution is 5.26. The molecule has 1 aliphatic rings. The van der Waals surface area contributed by atoms with Crippen LogP contribution in [0.2, 0.25) is 0 Å². The van der Waals surface area contributed by atoms with E-state index in [2.05, 4.69) is 38.1 Å². The molecule has 1 fully saturated rings. The van der Waals surface area contributed by atoms with E-state index in [4.69, 9.17) is 4.74 Å². The molecule has 0 bridgehead atoms.